The zero-order chi connectivity index (χ0) is 39.8. The van der Waals surface area contributed by atoms with Crippen molar-refractivity contribution in [2.75, 3.05) is 4.90 Å². The molecular formula is C58H39NO. The number of hydrogen-bond donors (Lipinski definition) is 0. The molecular weight excluding hydrogens is 727 g/mol. The molecule has 11 aromatic rings. The second-order valence-corrected chi connectivity index (χ2v) is 15.3. The van der Waals surface area contributed by atoms with E-state index < -0.39 is 0 Å². The molecule has 10 aromatic carbocycles. The minimum Gasteiger partial charge on any atom is -0.455 e. The Labute approximate surface area is 349 Å². The molecule has 0 aliphatic carbocycles. The molecule has 60 heavy (non-hydrogen) atoms. The molecule has 1 heterocycles. The molecule has 0 aliphatic rings. The predicted octanol–water partition coefficient (Wildman–Crippen LogP) is 16.5. The van der Waals surface area contributed by atoms with Crippen LogP contribution < -0.4 is 4.90 Å². The van der Waals surface area contributed by atoms with Crippen LogP contribution in [0.25, 0.3) is 88.3 Å². The Hall–Kier alpha value is -7.94. The van der Waals surface area contributed by atoms with Gasteiger partial charge in [0.15, 0.2) is 0 Å². The second kappa shape index (κ2) is 15.1. The summed E-state index contributed by atoms with van der Waals surface area (Å²) in [4.78, 5) is 2.36. The summed E-state index contributed by atoms with van der Waals surface area (Å²) in [6, 6.07) is 84.8. The van der Waals surface area contributed by atoms with Crippen molar-refractivity contribution in [2.24, 2.45) is 0 Å². The summed E-state index contributed by atoms with van der Waals surface area (Å²) in [5.74, 6) is 0. The van der Waals surface area contributed by atoms with Gasteiger partial charge in [-0.25, -0.2) is 0 Å². The fraction of sp³-hybridized carbons (Fsp3) is 0. The number of para-hydroxylation sites is 1. The van der Waals surface area contributed by atoms with Crippen LogP contribution in [-0.4, -0.2) is 0 Å². The third kappa shape index (κ3) is 6.41. The molecule has 0 radical (unpaired) electrons. The minimum absolute atomic E-state index is 0.891. The number of benzene rings is 10. The Bertz CT molecular complexity index is 3290. The smallest absolute Gasteiger partial charge is 0.143 e. The highest BCUT2D eigenvalue weighted by Crippen LogP contribution is 2.42. The Kier molecular flexibility index (Phi) is 8.87. The van der Waals surface area contributed by atoms with Gasteiger partial charge in [-0.1, -0.05) is 188 Å². The lowest BCUT2D eigenvalue weighted by molar-refractivity contribution is 0.670. The van der Waals surface area contributed by atoms with Gasteiger partial charge in [0.05, 0.1) is 0 Å². The van der Waals surface area contributed by atoms with E-state index in [9.17, 15) is 0 Å². The van der Waals surface area contributed by atoms with E-state index in [1.165, 1.54) is 44.2 Å². The molecule has 0 fully saturated rings. The summed E-state index contributed by atoms with van der Waals surface area (Å²) in [6.45, 7) is 0. The molecule has 282 valence electrons. The van der Waals surface area contributed by atoms with E-state index in [1.807, 2.05) is 6.07 Å². The zero-order valence-electron chi connectivity index (χ0n) is 32.9. The fourth-order valence-electron chi connectivity index (χ4n) is 8.74. The first-order valence-electron chi connectivity index (χ1n) is 20.5. The first-order valence-corrected chi connectivity index (χ1v) is 20.5. The Balaban J connectivity index is 0.967. The number of rotatable bonds is 8. The zero-order valence-corrected chi connectivity index (χ0v) is 32.9. The van der Waals surface area contributed by atoms with E-state index in [2.05, 4.69) is 235 Å². The SMILES string of the molecule is c1ccc(-c2ccccc2-c2ccccc2-c2ccc(N(c3ccc(-c4ccc5oc6c(-c7ccccc7)cccc6c5c4)cc3)c3ccc4ccccc4c3)cc2)cc1. The third-order valence-corrected chi connectivity index (χ3v) is 11.7. The van der Waals surface area contributed by atoms with Crippen LogP contribution in [0, 0.1) is 0 Å². The van der Waals surface area contributed by atoms with Crippen LogP contribution in [-0.2, 0) is 0 Å². The molecule has 0 saturated carbocycles. The van der Waals surface area contributed by atoms with Crippen molar-refractivity contribution in [1.82, 2.24) is 0 Å². The van der Waals surface area contributed by atoms with E-state index in [0.29, 0.717) is 0 Å². The molecule has 0 N–H and O–H groups in total. The molecule has 0 bridgehead atoms. The van der Waals surface area contributed by atoms with Crippen molar-refractivity contribution >= 4 is 49.8 Å². The van der Waals surface area contributed by atoms with Gasteiger partial charge in [0.1, 0.15) is 11.2 Å². The van der Waals surface area contributed by atoms with Crippen LogP contribution in [0.5, 0.6) is 0 Å². The maximum absolute atomic E-state index is 6.49. The van der Waals surface area contributed by atoms with E-state index in [-0.39, 0.29) is 0 Å². The molecule has 2 nitrogen and oxygen atoms in total. The van der Waals surface area contributed by atoms with Gasteiger partial charge in [0.25, 0.3) is 0 Å². The predicted molar refractivity (Wildman–Crippen MR) is 253 cm³/mol. The monoisotopic (exact) mass is 765 g/mol. The van der Waals surface area contributed by atoms with E-state index in [1.54, 1.807) is 0 Å². The largest absolute Gasteiger partial charge is 0.455 e. The Morgan fingerprint density at radius 1 is 0.267 bits per heavy atom. The summed E-state index contributed by atoms with van der Waals surface area (Å²) in [5, 5.41) is 4.67. The summed E-state index contributed by atoms with van der Waals surface area (Å²) in [6.07, 6.45) is 0. The lowest BCUT2D eigenvalue weighted by Crippen LogP contribution is -2.09. The molecule has 0 spiro atoms. The molecule has 1 aromatic heterocycles. The average molecular weight is 766 g/mol. The standard InChI is InChI=1S/C58H39NO/c1-3-15-42(16-4-1)50-20-9-11-22-53(50)54-23-12-10-21-51(54)44-29-34-48(35-30-44)59(49-36-28-40-14-7-8-19-45(40)38-49)47-32-26-41(27-33-47)46-31-37-57-56(39-46)55-25-13-24-52(58(55)60-57)43-17-5-2-6-18-43/h1-39H. The lowest BCUT2D eigenvalue weighted by atomic mass is 9.89. The second-order valence-electron chi connectivity index (χ2n) is 15.3. The van der Waals surface area contributed by atoms with Gasteiger partial charge in [-0.2, -0.15) is 0 Å². The Morgan fingerprint density at radius 2 is 0.750 bits per heavy atom. The topological polar surface area (TPSA) is 16.4 Å². The van der Waals surface area contributed by atoms with Crippen LogP contribution >= 0.6 is 0 Å². The summed E-state index contributed by atoms with van der Waals surface area (Å²) in [5.41, 5.74) is 16.9. The van der Waals surface area contributed by atoms with E-state index in [0.717, 1.165) is 61.3 Å². The van der Waals surface area contributed by atoms with Gasteiger partial charge in [0.2, 0.25) is 0 Å². The van der Waals surface area contributed by atoms with Crippen molar-refractivity contribution in [3.8, 4) is 55.6 Å². The highest BCUT2D eigenvalue weighted by molar-refractivity contribution is 6.10. The third-order valence-electron chi connectivity index (χ3n) is 11.7. The highest BCUT2D eigenvalue weighted by atomic mass is 16.3. The number of hydrogen-bond acceptors (Lipinski definition) is 2. The van der Waals surface area contributed by atoms with Crippen LogP contribution in [0.3, 0.4) is 0 Å². The lowest BCUT2D eigenvalue weighted by Gasteiger charge is -2.26. The van der Waals surface area contributed by atoms with Crippen LogP contribution in [0.15, 0.2) is 241 Å². The van der Waals surface area contributed by atoms with Crippen molar-refractivity contribution in [3.05, 3.63) is 237 Å². The van der Waals surface area contributed by atoms with E-state index >= 15 is 0 Å². The van der Waals surface area contributed by atoms with Crippen LogP contribution in [0.2, 0.25) is 0 Å². The first kappa shape index (κ1) is 35.2. The average Bonchev–Trinajstić information content (AvgIpc) is 3.71. The molecule has 0 aliphatic heterocycles. The maximum atomic E-state index is 6.49. The molecule has 0 amide bonds. The molecule has 0 saturated heterocycles. The number of anilines is 3. The molecule has 0 atom stereocenters. The fourth-order valence-corrected chi connectivity index (χ4v) is 8.74. The molecule has 0 unspecified atom stereocenters. The number of furan rings is 1. The summed E-state index contributed by atoms with van der Waals surface area (Å²) >= 11 is 0. The summed E-state index contributed by atoms with van der Waals surface area (Å²) < 4.78 is 6.49. The number of nitrogens with zero attached hydrogens (tertiary/aromatic N) is 1. The molecule has 2 heteroatoms. The van der Waals surface area contributed by atoms with Crippen molar-refractivity contribution in [3.63, 3.8) is 0 Å². The van der Waals surface area contributed by atoms with Gasteiger partial charge < -0.3 is 9.32 Å². The quantitative estimate of drug-likeness (QED) is 0.153. The van der Waals surface area contributed by atoms with Crippen molar-refractivity contribution < 1.29 is 4.42 Å². The normalized spacial score (nSPS) is 11.3. The summed E-state index contributed by atoms with van der Waals surface area (Å²) in [7, 11) is 0. The maximum Gasteiger partial charge on any atom is 0.143 e. The van der Waals surface area contributed by atoms with Gasteiger partial charge in [-0.15, -0.1) is 0 Å². The van der Waals surface area contributed by atoms with Gasteiger partial charge in [-0.05, 0) is 109 Å². The van der Waals surface area contributed by atoms with Gasteiger partial charge in [0, 0.05) is 33.4 Å². The molecule has 11 rings (SSSR count). The van der Waals surface area contributed by atoms with Crippen LogP contribution in [0.4, 0.5) is 17.1 Å². The van der Waals surface area contributed by atoms with Crippen molar-refractivity contribution in [1.29, 1.82) is 0 Å². The highest BCUT2D eigenvalue weighted by Gasteiger charge is 2.17. The van der Waals surface area contributed by atoms with Crippen molar-refractivity contribution in [2.45, 2.75) is 0 Å². The number of fused-ring (bicyclic) bond motifs is 4. The first-order chi connectivity index (χ1) is 29.7. The Morgan fingerprint density at radius 3 is 1.40 bits per heavy atom. The van der Waals surface area contributed by atoms with Gasteiger partial charge in [-0.3, -0.25) is 0 Å². The van der Waals surface area contributed by atoms with Gasteiger partial charge >= 0.3 is 0 Å². The minimum atomic E-state index is 0.891. The van der Waals surface area contributed by atoms with Crippen LogP contribution in [0.1, 0.15) is 0 Å². The van der Waals surface area contributed by atoms with E-state index in [4.69, 9.17) is 4.42 Å².